The van der Waals surface area contributed by atoms with Crippen molar-refractivity contribution < 1.29 is 0 Å². The monoisotopic (exact) mass is 143 g/mol. The van der Waals surface area contributed by atoms with Crippen LogP contribution in [0.2, 0.25) is 0 Å². The third-order valence-electron chi connectivity index (χ3n) is 1.99. The van der Waals surface area contributed by atoms with Crippen molar-refractivity contribution in [2.45, 2.75) is 17.7 Å². The standard InChI is InChI=1S/C6H11N2S/c1-2-7-3-5-6(1)9-4-8-5/h5-7H,1-4H2. The highest BCUT2D eigenvalue weighted by molar-refractivity contribution is 8.00. The van der Waals surface area contributed by atoms with Crippen LogP contribution in [0, 0.1) is 0 Å². The highest BCUT2D eigenvalue weighted by Gasteiger charge is 2.30. The number of nitrogens with zero attached hydrogens (tertiary/aromatic N) is 1. The summed E-state index contributed by atoms with van der Waals surface area (Å²) >= 11 is 2.02. The van der Waals surface area contributed by atoms with E-state index in [4.69, 9.17) is 0 Å². The molecule has 1 N–H and O–H groups in total. The van der Waals surface area contributed by atoms with Crippen LogP contribution in [0.25, 0.3) is 0 Å². The summed E-state index contributed by atoms with van der Waals surface area (Å²) in [5, 5.41) is 8.66. The molecule has 2 rings (SSSR count). The van der Waals surface area contributed by atoms with Crippen LogP contribution in [0.15, 0.2) is 0 Å². The van der Waals surface area contributed by atoms with Gasteiger partial charge in [0.15, 0.2) is 0 Å². The topological polar surface area (TPSA) is 26.1 Å². The normalized spacial score (nSPS) is 42.7. The van der Waals surface area contributed by atoms with Gasteiger partial charge >= 0.3 is 0 Å². The molecule has 2 aliphatic rings. The fraction of sp³-hybridized carbons (Fsp3) is 1.00. The number of rotatable bonds is 0. The predicted molar refractivity (Wildman–Crippen MR) is 39.7 cm³/mol. The van der Waals surface area contributed by atoms with E-state index in [1.54, 1.807) is 0 Å². The molecule has 3 heteroatoms. The fourth-order valence-corrected chi connectivity index (χ4v) is 2.59. The lowest BCUT2D eigenvalue weighted by Gasteiger charge is -2.23. The number of nitrogens with one attached hydrogen (secondary N) is 1. The van der Waals surface area contributed by atoms with Gasteiger partial charge in [-0.1, -0.05) is 0 Å². The molecule has 2 saturated heterocycles. The Morgan fingerprint density at radius 1 is 1.56 bits per heavy atom. The van der Waals surface area contributed by atoms with Gasteiger partial charge in [0.05, 0.1) is 5.88 Å². The van der Waals surface area contributed by atoms with E-state index in [1.165, 1.54) is 13.0 Å². The molecule has 51 valence electrons. The predicted octanol–water partition coefficient (Wildman–Crippen LogP) is 0.0256. The minimum Gasteiger partial charge on any atom is -0.315 e. The fourth-order valence-electron chi connectivity index (χ4n) is 1.43. The molecule has 0 aliphatic carbocycles. The van der Waals surface area contributed by atoms with Gasteiger partial charge in [0.2, 0.25) is 0 Å². The summed E-state index contributed by atoms with van der Waals surface area (Å²) in [6.45, 7) is 2.32. The molecular weight excluding hydrogens is 132 g/mol. The van der Waals surface area contributed by atoms with Crippen molar-refractivity contribution in [2.24, 2.45) is 0 Å². The lowest BCUT2D eigenvalue weighted by molar-refractivity contribution is 0.431. The molecule has 1 radical (unpaired) electrons. The van der Waals surface area contributed by atoms with Crippen LogP contribution in [-0.2, 0) is 0 Å². The Bertz CT molecular complexity index is 95.2. The summed E-state index contributed by atoms with van der Waals surface area (Å²) in [5.74, 6) is 1.04. The average molecular weight is 143 g/mol. The number of thioether (sulfide) groups is 1. The molecule has 0 spiro atoms. The van der Waals surface area contributed by atoms with Gasteiger partial charge in [-0.2, -0.15) is 0 Å². The Balaban J connectivity index is 1.97. The summed E-state index contributed by atoms with van der Waals surface area (Å²) in [7, 11) is 0. The molecule has 0 aromatic heterocycles. The molecule has 2 nitrogen and oxygen atoms in total. The maximum absolute atomic E-state index is 4.46. The first-order chi connectivity index (χ1) is 4.47. The Kier molecular flexibility index (Phi) is 1.66. The largest absolute Gasteiger partial charge is 0.315 e. The van der Waals surface area contributed by atoms with E-state index in [0.29, 0.717) is 6.04 Å². The van der Waals surface area contributed by atoms with Gasteiger partial charge in [0.1, 0.15) is 0 Å². The third-order valence-corrected chi connectivity index (χ3v) is 3.26. The van der Waals surface area contributed by atoms with Crippen molar-refractivity contribution in [3.05, 3.63) is 0 Å². The number of piperidine rings is 1. The Morgan fingerprint density at radius 2 is 2.56 bits per heavy atom. The maximum atomic E-state index is 4.46. The van der Waals surface area contributed by atoms with E-state index in [9.17, 15) is 0 Å². The highest BCUT2D eigenvalue weighted by Crippen LogP contribution is 2.26. The van der Waals surface area contributed by atoms with Crippen LogP contribution in [-0.4, -0.2) is 30.3 Å². The van der Waals surface area contributed by atoms with Gasteiger partial charge in [-0.05, 0) is 13.0 Å². The van der Waals surface area contributed by atoms with Gasteiger partial charge in [-0.3, -0.25) is 0 Å². The van der Waals surface area contributed by atoms with Gasteiger partial charge in [0.25, 0.3) is 0 Å². The smallest absolute Gasteiger partial charge is 0.0597 e. The number of hydrogen-bond donors (Lipinski definition) is 1. The average Bonchev–Trinajstić information content (AvgIpc) is 2.33. The minimum absolute atomic E-state index is 0.642. The van der Waals surface area contributed by atoms with E-state index in [-0.39, 0.29) is 0 Å². The second kappa shape index (κ2) is 2.48. The lowest BCUT2D eigenvalue weighted by atomic mass is 10.1. The molecule has 9 heavy (non-hydrogen) atoms. The van der Waals surface area contributed by atoms with E-state index in [2.05, 4.69) is 10.6 Å². The van der Waals surface area contributed by atoms with Crippen molar-refractivity contribution in [1.29, 1.82) is 0 Å². The van der Waals surface area contributed by atoms with E-state index in [0.717, 1.165) is 17.7 Å². The molecule has 2 fully saturated rings. The van der Waals surface area contributed by atoms with Gasteiger partial charge in [0, 0.05) is 17.8 Å². The molecule has 2 atom stereocenters. The summed E-state index contributed by atoms with van der Waals surface area (Å²) in [6, 6.07) is 0.642. The molecule has 0 aromatic rings. The first-order valence-electron chi connectivity index (χ1n) is 3.46. The molecular formula is C6H11N2S. The lowest BCUT2D eigenvalue weighted by Crippen LogP contribution is -2.43. The van der Waals surface area contributed by atoms with Crippen LogP contribution in [0.1, 0.15) is 6.42 Å². The Morgan fingerprint density at radius 3 is 3.44 bits per heavy atom. The van der Waals surface area contributed by atoms with E-state index in [1.807, 2.05) is 11.8 Å². The second-order valence-electron chi connectivity index (χ2n) is 2.58. The van der Waals surface area contributed by atoms with Crippen LogP contribution in [0.5, 0.6) is 0 Å². The van der Waals surface area contributed by atoms with E-state index >= 15 is 0 Å². The molecule has 0 amide bonds. The molecule has 2 heterocycles. The van der Waals surface area contributed by atoms with Crippen molar-refractivity contribution in [3.63, 3.8) is 0 Å². The third kappa shape index (κ3) is 1.09. The molecule has 0 aromatic carbocycles. The zero-order chi connectivity index (χ0) is 6.10. The SMILES string of the molecule is C1CC2SC[N]C2CN1. The molecule has 0 bridgehead atoms. The van der Waals surface area contributed by atoms with Crippen molar-refractivity contribution in [1.82, 2.24) is 10.6 Å². The summed E-state index contributed by atoms with van der Waals surface area (Å²) < 4.78 is 0. The Labute approximate surface area is 59.8 Å². The Hall–Kier alpha value is 0.270. The molecule has 0 saturated carbocycles. The zero-order valence-corrected chi connectivity index (χ0v) is 6.16. The van der Waals surface area contributed by atoms with Crippen LogP contribution in [0.3, 0.4) is 0 Å². The highest BCUT2D eigenvalue weighted by atomic mass is 32.2. The van der Waals surface area contributed by atoms with Crippen LogP contribution < -0.4 is 10.6 Å². The summed E-state index contributed by atoms with van der Waals surface area (Å²) in [4.78, 5) is 0. The van der Waals surface area contributed by atoms with Crippen molar-refractivity contribution in [2.75, 3.05) is 19.0 Å². The van der Waals surface area contributed by atoms with Gasteiger partial charge in [-0.25, -0.2) is 5.32 Å². The van der Waals surface area contributed by atoms with Crippen LogP contribution >= 0.6 is 11.8 Å². The zero-order valence-electron chi connectivity index (χ0n) is 5.34. The van der Waals surface area contributed by atoms with Crippen LogP contribution in [0.4, 0.5) is 0 Å². The minimum atomic E-state index is 0.642. The quantitative estimate of drug-likeness (QED) is 0.517. The summed E-state index contributed by atoms with van der Waals surface area (Å²) in [5.41, 5.74) is 0. The molecule has 2 unspecified atom stereocenters. The van der Waals surface area contributed by atoms with Crippen molar-refractivity contribution >= 4 is 11.8 Å². The van der Waals surface area contributed by atoms with Crippen molar-refractivity contribution in [3.8, 4) is 0 Å². The van der Waals surface area contributed by atoms with Gasteiger partial charge < -0.3 is 5.32 Å². The second-order valence-corrected chi connectivity index (χ2v) is 3.77. The van der Waals surface area contributed by atoms with Gasteiger partial charge in [-0.15, -0.1) is 11.8 Å². The first-order valence-corrected chi connectivity index (χ1v) is 4.50. The number of fused-ring (bicyclic) bond motifs is 1. The molecule has 2 aliphatic heterocycles. The van der Waals surface area contributed by atoms with E-state index < -0.39 is 0 Å². The number of hydrogen-bond acceptors (Lipinski definition) is 2. The summed E-state index contributed by atoms with van der Waals surface area (Å²) in [6.07, 6.45) is 1.32. The maximum Gasteiger partial charge on any atom is 0.0597 e. The first kappa shape index (κ1) is 6.01.